The van der Waals surface area contributed by atoms with E-state index in [1.54, 1.807) is 6.20 Å². The van der Waals surface area contributed by atoms with Crippen molar-refractivity contribution >= 4 is 32.3 Å². The molecule has 2 nitrogen and oxygen atoms in total. The van der Waals surface area contributed by atoms with Gasteiger partial charge in [0.15, 0.2) is 0 Å². The van der Waals surface area contributed by atoms with Crippen LogP contribution in [0.4, 0.5) is 0 Å². The highest BCUT2D eigenvalue weighted by molar-refractivity contribution is 6.21. The third-order valence-electron chi connectivity index (χ3n) is 7.35. The molecule has 0 spiro atoms. The van der Waals surface area contributed by atoms with Crippen LogP contribution >= 0.6 is 0 Å². The number of hydrogen-bond acceptors (Lipinski definition) is 2. The lowest BCUT2D eigenvalue weighted by atomic mass is 9.85. The van der Waals surface area contributed by atoms with E-state index >= 15 is 0 Å². The van der Waals surface area contributed by atoms with Crippen LogP contribution in [0.25, 0.3) is 65.7 Å². The van der Waals surface area contributed by atoms with Crippen LogP contribution in [0.3, 0.4) is 0 Å². The number of benzene rings is 6. The molecule has 0 bridgehead atoms. The van der Waals surface area contributed by atoms with Gasteiger partial charge in [0.05, 0.1) is 0 Å². The van der Waals surface area contributed by atoms with Crippen molar-refractivity contribution in [2.45, 2.75) is 0 Å². The van der Waals surface area contributed by atoms with Gasteiger partial charge in [-0.15, -0.1) is 0 Å². The van der Waals surface area contributed by atoms with Crippen molar-refractivity contribution in [3.63, 3.8) is 0 Å². The lowest BCUT2D eigenvalue weighted by Gasteiger charge is -2.18. The van der Waals surface area contributed by atoms with Crippen LogP contribution in [0, 0.1) is 11.3 Å². The largest absolute Gasteiger partial charge is 0.246 e. The van der Waals surface area contributed by atoms with E-state index in [-0.39, 0.29) is 0 Å². The van der Waals surface area contributed by atoms with Crippen molar-refractivity contribution in [1.29, 1.82) is 5.26 Å². The van der Waals surface area contributed by atoms with Crippen LogP contribution in [0.1, 0.15) is 5.69 Å². The Morgan fingerprint density at radius 2 is 0.974 bits per heavy atom. The summed E-state index contributed by atoms with van der Waals surface area (Å²) in [5.41, 5.74) is 7.37. The predicted octanol–water partition coefficient (Wildman–Crippen LogP) is 9.41. The van der Waals surface area contributed by atoms with Gasteiger partial charge in [-0.1, -0.05) is 109 Å². The average molecular weight is 483 g/mol. The summed E-state index contributed by atoms with van der Waals surface area (Å²) in [5, 5.41) is 16.7. The zero-order valence-electron chi connectivity index (χ0n) is 20.6. The fourth-order valence-electron chi connectivity index (χ4n) is 5.60. The first-order chi connectivity index (χ1) is 18.8. The van der Waals surface area contributed by atoms with E-state index in [9.17, 15) is 5.26 Å². The van der Waals surface area contributed by atoms with Crippen molar-refractivity contribution in [2.24, 2.45) is 0 Å². The Kier molecular flexibility index (Phi) is 5.20. The van der Waals surface area contributed by atoms with Crippen molar-refractivity contribution in [3.8, 4) is 39.4 Å². The van der Waals surface area contributed by atoms with E-state index in [0.717, 1.165) is 11.1 Å². The van der Waals surface area contributed by atoms with Gasteiger partial charge in [0.2, 0.25) is 0 Å². The molecule has 0 aliphatic carbocycles. The first kappa shape index (κ1) is 22.0. The molecule has 1 aromatic heterocycles. The Morgan fingerprint density at radius 3 is 1.61 bits per heavy atom. The Labute approximate surface area is 221 Å². The maximum Gasteiger partial charge on any atom is 0.141 e. The first-order valence-electron chi connectivity index (χ1n) is 12.7. The van der Waals surface area contributed by atoms with Gasteiger partial charge in [-0.05, 0) is 83.9 Å². The van der Waals surface area contributed by atoms with Crippen molar-refractivity contribution in [3.05, 3.63) is 139 Å². The van der Waals surface area contributed by atoms with E-state index in [1.807, 2.05) is 12.1 Å². The summed E-state index contributed by atoms with van der Waals surface area (Å²) in [6.07, 6.45) is 1.69. The number of aromatic nitrogens is 1. The Balaban J connectivity index is 1.47. The molecule has 176 valence electrons. The molecule has 0 amide bonds. The SMILES string of the molecule is N#Cc1cc(-c2ccc(-c3c4ccccc4c(-c4ccc5ccccc5c4)c4ccccc34)cc2)ccn1. The van der Waals surface area contributed by atoms with E-state index in [2.05, 4.69) is 126 Å². The van der Waals surface area contributed by atoms with Crippen LogP contribution in [-0.2, 0) is 0 Å². The van der Waals surface area contributed by atoms with Crippen LogP contribution in [0.15, 0.2) is 134 Å². The molecule has 1 heterocycles. The summed E-state index contributed by atoms with van der Waals surface area (Å²) in [6, 6.07) is 47.3. The molecule has 6 aromatic carbocycles. The van der Waals surface area contributed by atoms with Crippen LogP contribution < -0.4 is 0 Å². The van der Waals surface area contributed by atoms with E-state index in [1.165, 1.54) is 54.6 Å². The second kappa shape index (κ2) is 9.00. The third-order valence-corrected chi connectivity index (χ3v) is 7.35. The lowest BCUT2D eigenvalue weighted by Crippen LogP contribution is -1.91. The quantitative estimate of drug-likeness (QED) is 0.235. The first-order valence-corrected chi connectivity index (χ1v) is 12.7. The summed E-state index contributed by atoms with van der Waals surface area (Å²) < 4.78 is 0. The molecule has 0 unspecified atom stereocenters. The number of nitrogens with zero attached hydrogens (tertiary/aromatic N) is 2. The minimum absolute atomic E-state index is 0.424. The fraction of sp³-hybridized carbons (Fsp3) is 0. The van der Waals surface area contributed by atoms with Gasteiger partial charge in [0.25, 0.3) is 0 Å². The van der Waals surface area contributed by atoms with Crippen molar-refractivity contribution in [2.75, 3.05) is 0 Å². The normalized spacial score (nSPS) is 11.1. The zero-order valence-corrected chi connectivity index (χ0v) is 20.6. The molecule has 0 aliphatic rings. The molecule has 0 N–H and O–H groups in total. The highest BCUT2D eigenvalue weighted by atomic mass is 14.7. The summed E-state index contributed by atoms with van der Waals surface area (Å²) in [7, 11) is 0. The molecular formula is C36H22N2. The van der Waals surface area contributed by atoms with Crippen LogP contribution in [0.5, 0.6) is 0 Å². The molecule has 38 heavy (non-hydrogen) atoms. The molecule has 0 saturated heterocycles. The molecule has 0 fully saturated rings. The van der Waals surface area contributed by atoms with Crippen LogP contribution in [-0.4, -0.2) is 4.98 Å². The van der Waals surface area contributed by atoms with Gasteiger partial charge in [0.1, 0.15) is 11.8 Å². The average Bonchev–Trinajstić information content (AvgIpc) is 2.99. The van der Waals surface area contributed by atoms with Crippen molar-refractivity contribution in [1.82, 2.24) is 4.98 Å². The highest BCUT2D eigenvalue weighted by Crippen LogP contribution is 2.44. The molecule has 2 heteroatoms. The number of fused-ring (bicyclic) bond motifs is 3. The van der Waals surface area contributed by atoms with Gasteiger partial charge in [-0.3, -0.25) is 0 Å². The minimum atomic E-state index is 0.424. The lowest BCUT2D eigenvalue weighted by molar-refractivity contribution is 1.26. The van der Waals surface area contributed by atoms with Crippen molar-refractivity contribution < 1.29 is 0 Å². The van der Waals surface area contributed by atoms with Crippen LogP contribution in [0.2, 0.25) is 0 Å². The van der Waals surface area contributed by atoms with Gasteiger partial charge < -0.3 is 0 Å². The summed E-state index contributed by atoms with van der Waals surface area (Å²) in [4.78, 5) is 4.11. The number of hydrogen-bond donors (Lipinski definition) is 0. The monoisotopic (exact) mass is 482 g/mol. The topological polar surface area (TPSA) is 36.7 Å². The molecule has 0 radical (unpaired) electrons. The second-order valence-corrected chi connectivity index (χ2v) is 9.52. The summed E-state index contributed by atoms with van der Waals surface area (Å²) >= 11 is 0. The molecule has 0 saturated carbocycles. The molecule has 0 aliphatic heterocycles. The Morgan fingerprint density at radius 1 is 0.447 bits per heavy atom. The van der Waals surface area contributed by atoms with Gasteiger partial charge >= 0.3 is 0 Å². The zero-order chi connectivity index (χ0) is 25.5. The van der Waals surface area contributed by atoms with E-state index in [4.69, 9.17) is 0 Å². The Hall–Kier alpha value is -5.26. The summed E-state index contributed by atoms with van der Waals surface area (Å²) in [6.45, 7) is 0. The fourth-order valence-corrected chi connectivity index (χ4v) is 5.60. The second-order valence-electron chi connectivity index (χ2n) is 9.52. The van der Waals surface area contributed by atoms with Gasteiger partial charge in [0, 0.05) is 6.20 Å². The predicted molar refractivity (Wildman–Crippen MR) is 158 cm³/mol. The molecule has 0 atom stereocenters. The molecule has 7 aromatic rings. The third kappa shape index (κ3) is 3.61. The smallest absolute Gasteiger partial charge is 0.141 e. The molecule has 7 rings (SSSR count). The standard InChI is InChI=1S/C36H22N2/c37-23-30-22-28(19-20-38-30)25-13-16-26(17-14-25)35-31-9-3-5-11-33(31)36(34-12-6-4-10-32(34)35)29-18-15-24-7-1-2-8-27(24)21-29/h1-22H. The maximum atomic E-state index is 9.25. The summed E-state index contributed by atoms with van der Waals surface area (Å²) in [5.74, 6) is 0. The minimum Gasteiger partial charge on any atom is -0.246 e. The van der Waals surface area contributed by atoms with Gasteiger partial charge in [-0.25, -0.2) is 4.98 Å². The molecular weight excluding hydrogens is 460 g/mol. The number of nitriles is 1. The number of rotatable bonds is 3. The van der Waals surface area contributed by atoms with E-state index in [0.29, 0.717) is 5.69 Å². The number of pyridine rings is 1. The highest BCUT2D eigenvalue weighted by Gasteiger charge is 2.16. The van der Waals surface area contributed by atoms with E-state index < -0.39 is 0 Å². The van der Waals surface area contributed by atoms with Gasteiger partial charge in [-0.2, -0.15) is 5.26 Å². The maximum absolute atomic E-state index is 9.25. The Bertz CT molecular complexity index is 1970.